The molecular weight excluding hydrogens is 364 g/mol. The second kappa shape index (κ2) is 10.3. The van der Waals surface area contributed by atoms with Crippen molar-refractivity contribution < 1.29 is 14.3 Å². The highest BCUT2D eigenvalue weighted by atomic mass is 16.6. The van der Waals surface area contributed by atoms with Crippen LogP contribution < -0.4 is 14.8 Å². The van der Waals surface area contributed by atoms with Gasteiger partial charge in [0.15, 0.2) is 11.5 Å². The van der Waals surface area contributed by atoms with Crippen LogP contribution in [0.5, 0.6) is 11.5 Å². The average molecular weight is 390 g/mol. The van der Waals surface area contributed by atoms with Gasteiger partial charge in [-0.1, -0.05) is 50.1 Å². The van der Waals surface area contributed by atoms with E-state index in [0.29, 0.717) is 23.8 Å². The molecule has 0 saturated carbocycles. The van der Waals surface area contributed by atoms with Gasteiger partial charge in [-0.3, -0.25) is 4.79 Å². The number of carbonyl (C=O) groups excluding carboxylic acids is 1. The van der Waals surface area contributed by atoms with Crippen LogP contribution in [0, 0.1) is 11.3 Å². The molecule has 1 N–H and O–H groups in total. The van der Waals surface area contributed by atoms with Crippen LogP contribution in [0.1, 0.15) is 43.7 Å². The standard InChI is InChI=1S/C24H26N2O3/c1-2-3-4-6-18-9-11-19(12-10-18)13-14-23(27)26-21-7-5-8-22-24(21)29-20(15-16-25)17-28-22/h5,7-14,20H,2-4,6,15,17H2,1H3,(H,26,27)/b14-13+. The fourth-order valence-corrected chi connectivity index (χ4v) is 3.16. The summed E-state index contributed by atoms with van der Waals surface area (Å²) in [6.45, 7) is 2.53. The van der Waals surface area contributed by atoms with Crippen molar-refractivity contribution in [3.05, 3.63) is 59.7 Å². The molecule has 1 atom stereocenters. The Morgan fingerprint density at radius 3 is 2.83 bits per heavy atom. The molecule has 1 unspecified atom stereocenters. The molecule has 0 aromatic heterocycles. The summed E-state index contributed by atoms with van der Waals surface area (Å²) in [5.74, 6) is 0.785. The predicted octanol–water partition coefficient (Wildman–Crippen LogP) is 5.12. The maximum atomic E-state index is 12.4. The third-order valence-electron chi connectivity index (χ3n) is 4.74. The Bertz CT molecular complexity index is 897. The third kappa shape index (κ3) is 5.86. The van der Waals surface area contributed by atoms with Gasteiger partial charge in [0.1, 0.15) is 12.7 Å². The molecule has 3 rings (SSSR count). The topological polar surface area (TPSA) is 71.3 Å². The first kappa shape index (κ1) is 20.5. The van der Waals surface area contributed by atoms with E-state index in [1.54, 1.807) is 24.3 Å². The molecule has 1 heterocycles. The van der Waals surface area contributed by atoms with Gasteiger partial charge in [-0.2, -0.15) is 5.26 Å². The average Bonchev–Trinajstić information content (AvgIpc) is 2.74. The summed E-state index contributed by atoms with van der Waals surface area (Å²) in [7, 11) is 0. The summed E-state index contributed by atoms with van der Waals surface area (Å²) < 4.78 is 11.5. The summed E-state index contributed by atoms with van der Waals surface area (Å²) in [6, 6.07) is 15.7. The van der Waals surface area contributed by atoms with Crippen LogP contribution in [0.3, 0.4) is 0 Å². The number of hydrogen-bond donors (Lipinski definition) is 1. The lowest BCUT2D eigenvalue weighted by atomic mass is 10.1. The minimum absolute atomic E-state index is 0.232. The van der Waals surface area contributed by atoms with E-state index in [1.165, 1.54) is 30.9 Å². The number of benzene rings is 2. The quantitative estimate of drug-likeness (QED) is 0.501. The van der Waals surface area contributed by atoms with Crippen molar-refractivity contribution in [3.8, 4) is 17.6 Å². The Morgan fingerprint density at radius 1 is 1.24 bits per heavy atom. The van der Waals surface area contributed by atoms with Crippen LogP contribution in [0.4, 0.5) is 5.69 Å². The van der Waals surface area contributed by atoms with Gasteiger partial charge in [0, 0.05) is 6.08 Å². The lowest BCUT2D eigenvalue weighted by Gasteiger charge is -2.26. The van der Waals surface area contributed by atoms with Crippen molar-refractivity contribution >= 4 is 17.7 Å². The molecule has 29 heavy (non-hydrogen) atoms. The number of unbranched alkanes of at least 4 members (excludes halogenated alkanes) is 2. The largest absolute Gasteiger partial charge is 0.486 e. The number of fused-ring (bicyclic) bond motifs is 1. The van der Waals surface area contributed by atoms with Gasteiger partial charge in [0.2, 0.25) is 5.91 Å². The number of nitrogens with zero attached hydrogens (tertiary/aromatic N) is 1. The van der Waals surface area contributed by atoms with Crippen LogP contribution in [-0.2, 0) is 11.2 Å². The third-order valence-corrected chi connectivity index (χ3v) is 4.74. The number of carbonyl (C=O) groups is 1. The predicted molar refractivity (Wildman–Crippen MR) is 114 cm³/mol. The Labute approximate surface area is 172 Å². The van der Waals surface area contributed by atoms with Crippen LogP contribution in [-0.4, -0.2) is 18.6 Å². The number of aryl methyl sites for hydroxylation is 1. The Balaban J connectivity index is 1.60. The molecule has 0 radical (unpaired) electrons. The molecule has 1 amide bonds. The number of ether oxygens (including phenoxy) is 2. The molecule has 0 bridgehead atoms. The Morgan fingerprint density at radius 2 is 2.07 bits per heavy atom. The molecular formula is C24H26N2O3. The minimum Gasteiger partial charge on any atom is -0.486 e. The van der Waals surface area contributed by atoms with Crippen molar-refractivity contribution in [2.24, 2.45) is 0 Å². The molecule has 1 aliphatic rings. The van der Waals surface area contributed by atoms with Crippen LogP contribution in [0.25, 0.3) is 6.08 Å². The smallest absolute Gasteiger partial charge is 0.248 e. The van der Waals surface area contributed by atoms with E-state index < -0.39 is 0 Å². The zero-order valence-corrected chi connectivity index (χ0v) is 16.7. The van der Waals surface area contributed by atoms with Crippen LogP contribution in [0.2, 0.25) is 0 Å². The number of amides is 1. The number of rotatable bonds is 8. The molecule has 0 spiro atoms. The minimum atomic E-state index is -0.336. The van der Waals surface area contributed by atoms with Crippen molar-refractivity contribution in [1.82, 2.24) is 0 Å². The molecule has 1 aliphatic heterocycles. The normalized spacial score (nSPS) is 15.1. The van der Waals surface area contributed by atoms with Crippen LogP contribution in [0.15, 0.2) is 48.5 Å². The zero-order valence-electron chi connectivity index (χ0n) is 16.7. The van der Waals surface area contributed by atoms with Gasteiger partial charge in [0.25, 0.3) is 0 Å². The highest BCUT2D eigenvalue weighted by Gasteiger charge is 2.23. The molecule has 5 nitrogen and oxygen atoms in total. The summed E-state index contributed by atoms with van der Waals surface area (Å²) in [4.78, 5) is 12.4. The van der Waals surface area contributed by atoms with Gasteiger partial charge < -0.3 is 14.8 Å². The fraction of sp³-hybridized carbons (Fsp3) is 0.333. The maximum absolute atomic E-state index is 12.4. The highest BCUT2D eigenvalue weighted by Crippen LogP contribution is 2.39. The number of nitriles is 1. The van der Waals surface area contributed by atoms with Gasteiger partial charge in [0.05, 0.1) is 18.2 Å². The number of para-hydroxylation sites is 1. The van der Waals surface area contributed by atoms with Crippen molar-refractivity contribution in [3.63, 3.8) is 0 Å². The lowest BCUT2D eigenvalue weighted by Crippen LogP contribution is -2.29. The lowest BCUT2D eigenvalue weighted by molar-refractivity contribution is -0.111. The van der Waals surface area contributed by atoms with E-state index in [-0.39, 0.29) is 18.4 Å². The molecule has 0 saturated heterocycles. The fourth-order valence-electron chi connectivity index (χ4n) is 3.16. The first-order chi connectivity index (χ1) is 14.2. The summed E-state index contributed by atoms with van der Waals surface area (Å²) in [5, 5.41) is 11.7. The first-order valence-corrected chi connectivity index (χ1v) is 10.1. The molecule has 0 fully saturated rings. The maximum Gasteiger partial charge on any atom is 0.248 e. The summed E-state index contributed by atoms with van der Waals surface area (Å²) >= 11 is 0. The Hall–Kier alpha value is -3.26. The Kier molecular flexibility index (Phi) is 7.29. The molecule has 2 aromatic carbocycles. The van der Waals surface area contributed by atoms with E-state index in [4.69, 9.17) is 14.7 Å². The van der Waals surface area contributed by atoms with E-state index in [2.05, 4.69) is 30.4 Å². The molecule has 2 aromatic rings. The molecule has 0 aliphatic carbocycles. The monoisotopic (exact) mass is 390 g/mol. The van der Waals surface area contributed by atoms with Gasteiger partial charge in [-0.25, -0.2) is 0 Å². The van der Waals surface area contributed by atoms with Crippen molar-refractivity contribution in [2.45, 2.75) is 45.1 Å². The molecule has 5 heteroatoms. The summed E-state index contributed by atoms with van der Waals surface area (Å²) in [5.41, 5.74) is 2.83. The highest BCUT2D eigenvalue weighted by molar-refractivity contribution is 6.03. The van der Waals surface area contributed by atoms with E-state index in [9.17, 15) is 4.79 Å². The molecule has 150 valence electrons. The van der Waals surface area contributed by atoms with Crippen molar-refractivity contribution in [1.29, 1.82) is 5.26 Å². The van der Waals surface area contributed by atoms with E-state index >= 15 is 0 Å². The number of nitrogens with one attached hydrogen (secondary N) is 1. The second-order valence-electron chi connectivity index (χ2n) is 7.07. The number of anilines is 1. The van der Waals surface area contributed by atoms with Crippen molar-refractivity contribution in [2.75, 3.05) is 11.9 Å². The second-order valence-corrected chi connectivity index (χ2v) is 7.07. The first-order valence-electron chi connectivity index (χ1n) is 10.1. The van der Waals surface area contributed by atoms with Gasteiger partial charge in [-0.15, -0.1) is 0 Å². The number of hydrogen-bond acceptors (Lipinski definition) is 4. The zero-order chi connectivity index (χ0) is 20.5. The van der Waals surface area contributed by atoms with E-state index in [1.807, 2.05) is 12.1 Å². The van der Waals surface area contributed by atoms with Gasteiger partial charge in [-0.05, 0) is 42.2 Å². The van der Waals surface area contributed by atoms with Crippen LogP contribution >= 0.6 is 0 Å². The summed E-state index contributed by atoms with van der Waals surface area (Å²) in [6.07, 6.45) is 7.95. The van der Waals surface area contributed by atoms with Gasteiger partial charge >= 0.3 is 0 Å². The van der Waals surface area contributed by atoms with E-state index in [0.717, 1.165) is 12.0 Å². The SMILES string of the molecule is CCCCCc1ccc(/C=C/C(=O)Nc2cccc3c2OC(CC#N)CO3)cc1.